The summed E-state index contributed by atoms with van der Waals surface area (Å²) in [5, 5.41) is 31.6. The number of halogens is 1. The van der Waals surface area contributed by atoms with Crippen LogP contribution < -0.4 is 5.32 Å². The van der Waals surface area contributed by atoms with E-state index in [2.05, 4.69) is 20.3 Å². The SMILES string of the molecule is CO.Cc1ccccn1.Cl.O=C1C[C@H]2CCC[C@H]2C1.OC1(Cc2ccccn2)C[C@H]2CCC[C@H]2C1.OC1(Cc2ccccn2)C[C@H]2CNC[C@H]2C1. The molecule has 0 spiro atoms. The number of nitrogens with zero attached hydrogens (tertiary/aromatic N) is 3. The van der Waals surface area contributed by atoms with Crippen LogP contribution in [0, 0.1) is 42.4 Å². The number of nitrogens with one attached hydrogen (secondary N) is 1. The Morgan fingerprint density at radius 3 is 1.41 bits per heavy atom. The van der Waals surface area contributed by atoms with Gasteiger partial charge in [0, 0.05) is 68.5 Å². The summed E-state index contributed by atoms with van der Waals surface area (Å²) in [5.74, 6) is 5.05. The number of rotatable bonds is 4. The lowest BCUT2D eigenvalue weighted by Crippen LogP contribution is -2.31. The van der Waals surface area contributed by atoms with E-state index >= 15 is 0 Å². The van der Waals surface area contributed by atoms with Gasteiger partial charge in [-0.1, -0.05) is 43.9 Å². The average Bonchev–Trinajstić information content (AvgIpc) is 3.96. The Morgan fingerprint density at radius 2 is 1.04 bits per heavy atom. The molecule has 9 heteroatoms. The molecule has 4 N–H and O–H groups in total. The molecule has 3 aromatic rings. The largest absolute Gasteiger partial charge is 0.400 e. The summed E-state index contributed by atoms with van der Waals surface area (Å²) >= 11 is 0. The minimum absolute atomic E-state index is 0. The molecular formula is C42H61ClN4O4. The minimum Gasteiger partial charge on any atom is -0.400 e. The van der Waals surface area contributed by atoms with Crippen molar-refractivity contribution < 1.29 is 20.1 Å². The fourth-order valence-corrected chi connectivity index (χ4v) is 9.77. The van der Waals surface area contributed by atoms with Gasteiger partial charge in [0.2, 0.25) is 0 Å². The lowest BCUT2D eigenvalue weighted by atomic mass is 9.92. The van der Waals surface area contributed by atoms with Crippen LogP contribution in [-0.2, 0) is 17.6 Å². The highest BCUT2D eigenvalue weighted by Crippen LogP contribution is 2.49. The molecule has 51 heavy (non-hydrogen) atoms. The number of carbonyl (C=O) groups is 1. The van der Waals surface area contributed by atoms with Crippen molar-refractivity contribution in [2.75, 3.05) is 20.2 Å². The van der Waals surface area contributed by atoms with E-state index in [1.54, 1.807) is 12.4 Å². The lowest BCUT2D eigenvalue weighted by molar-refractivity contribution is -0.117. The van der Waals surface area contributed by atoms with E-state index in [4.69, 9.17) is 5.11 Å². The van der Waals surface area contributed by atoms with Crippen LogP contribution in [0.1, 0.15) is 94.1 Å². The third-order valence-corrected chi connectivity index (χ3v) is 11.9. The van der Waals surface area contributed by atoms with E-state index in [1.165, 1.54) is 38.5 Å². The van der Waals surface area contributed by atoms with E-state index in [0.717, 1.165) is 106 Å². The van der Waals surface area contributed by atoms with Gasteiger partial charge in [0.05, 0.1) is 11.2 Å². The standard InChI is InChI=1S/C14H19NO.C13H18N2O.C8H12O.C6H7N.CH4O.ClH/c16-14(10-13-6-1-2-7-15-13)8-11-4-3-5-12(11)9-14;16-13(7-12-3-1-2-4-15-12)5-10-8-14-9-11(10)6-13;9-8-4-6-2-1-3-7(6)5-8;1-6-4-2-3-5-7-6;1-2;/h1-2,6-7,11-12,16H,3-5,8-10H2;1-4,10-11,14,16H,5-9H2;6-7H,1-5H2;2-5H,1H3;2H,1H3;1H/t11-,12+,14?;10-,11+,13?;6-,7+;;;. The number of ketones is 1. The highest BCUT2D eigenvalue weighted by atomic mass is 35.5. The molecule has 280 valence electrons. The topological polar surface area (TPSA) is 128 Å². The van der Waals surface area contributed by atoms with Gasteiger partial charge in [0.1, 0.15) is 5.78 Å². The van der Waals surface area contributed by atoms with Crippen molar-refractivity contribution in [2.24, 2.45) is 35.5 Å². The highest BCUT2D eigenvalue weighted by Gasteiger charge is 2.47. The molecule has 4 heterocycles. The average molecular weight is 721 g/mol. The molecule has 9 rings (SSSR count). The predicted molar refractivity (Wildman–Crippen MR) is 204 cm³/mol. The third-order valence-electron chi connectivity index (χ3n) is 11.9. The van der Waals surface area contributed by atoms with E-state index in [-0.39, 0.29) is 12.4 Å². The Labute approximate surface area is 311 Å². The molecule has 0 aromatic carbocycles. The first-order valence-corrected chi connectivity index (χ1v) is 19.1. The van der Waals surface area contributed by atoms with Crippen molar-refractivity contribution in [2.45, 2.75) is 108 Å². The predicted octanol–water partition coefficient (Wildman–Crippen LogP) is 6.74. The number of Topliss-reactive ketones (excluding diaryl/α,β-unsaturated/α-hetero) is 1. The van der Waals surface area contributed by atoms with E-state index in [0.29, 0.717) is 24.0 Å². The molecule has 5 aliphatic carbocycles. The van der Waals surface area contributed by atoms with E-state index in [1.807, 2.05) is 67.7 Å². The highest BCUT2D eigenvalue weighted by molar-refractivity contribution is 5.85. The Hall–Kier alpha value is -2.75. The zero-order valence-corrected chi connectivity index (χ0v) is 31.5. The van der Waals surface area contributed by atoms with Crippen LogP contribution in [0.15, 0.2) is 73.2 Å². The normalized spacial score (nSPS) is 32.2. The summed E-state index contributed by atoms with van der Waals surface area (Å²) in [6, 6.07) is 17.7. The first-order valence-electron chi connectivity index (χ1n) is 19.1. The number of hydrogen-bond donors (Lipinski definition) is 4. The van der Waals surface area contributed by atoms with Gasteiger partial charge in [-0.15, -0.1) is 12.4 Å². The van der Waals surface area contributed by atoms with Crippen LogP contribution in [0.5, 0.6) is 0 Å². The molecule has 3 aromatic heterocycles. The number of aliphatic hydroxyl groups is 3. The molecule has 0 amide bonds. The molecule has 6 aliphatic rings. The zero-order valence-electron chi connectivity index (χ0n) is 30.7. The third kappa shape index (κ3) is 12.1. The van der Waals surface area contributed by atoms with Gasteiger partial charge in [-0.2, -0.15) is 0 Å². The molecule has 0 radical (unpaired) electrons. The van der Waals surface area contributed by atoms with Gasteiger partial charge in [0.25, 0.3) is 0 Å². The van der Waals surface area contributed by atoms with Crippen molar-refractivity contribution in [3.63, 3.8) is 0 Å². The minimum atomic E-state index is -0.508. The fraction of sp³-hybridized carbons (Fsp3) is 0.619. The number of pyridine rings is 3. The van der Waals surface area contributed by atoms with Crippen molar-refractivity contribution in [3.8, 4) is 0 Å². The van der Waals surface area contributed by atoms with E-state index < -0.39 is 11.2 Å². The fourth-order valence-electron chi connectivity index (χ4n) is 9.77. The van der Waals surface area contributed by atoms with Crippen LogP contribution in [-0.4, -0.2) is 67.5 Å². The van der Waals surface area contributed by atoms with Crippen LogP contribution in [0.25, 0.3) is 0 Å². The van der Waals surface area contributed by atoms with Gasteiger partial charge >= 0.3 is 0 Å². The van der Waals surface area contributed by atoms with E-state index in [9.17, 15) is 15.0 Å². The van der Waals surface area contributed by atoms with Crippen molar-refractivity contribution >= 4 is 18.2 Å². The van der Waals surface area contributed by atoms with Crippen LogP contribution in [0.3, 0.4) is 0 Å². The molecule has 2 unspecified atom stereocenters. The Morgan fingerprint density at radius 1 is 0.627 bits per heavy atom. The van der Waals surface area contributed by atoms with Crippen LogP contribution >= 0.6 is 12.4 Å². The number of aliphatic hydroxyl groups excluding tert-OH is 1. The smallest absolute Gasteiger partial charge is 0.133 e. The summed E-state index contributed by atoms with van der Waals surface area (Å²) in [7, 11) is 1.00. The summed E-state index contributed by atoms with van der Waals surface area (Å²) in [5.41, 5.74) is 2.14. The monoisotopic (exact) mass is 720 g/mol. The van der Waals surface area contributed by atoms with Gasteiger partial charge in [-0.05, 0) is 130 Å². The second-order valence-electron chi connectivity index (χ2n) is 15.8. The zero-order chi connectivity index (χ0) is 35.4. The maximum Gasteiger partial charge on any atom is 0.133 e. The number of fused-ring (bicyclic) bond motifs is 3. The lowest BCUT2D eigenvalue weighted by Gasteiger charge is -2.23. The summed E-state index contributed by atoms with van der Waals surface area (Å²) in [6.45, 7) is 4.13. The Balaban J connectivity index is 0.000000156. The van der Waals surface area contributed by atoms with Gasteiger partial charge in [0.15, 0.2) is 0 Å². The molecule has 6 fully saturated rings. The number of aryl methyl sites for hydroxylation is 1. The maximum atomic E-state index is 10.9. The van der Waals surface area contributed by atoms with Crippen molar-refractivity contribution in [1.82, 2.24) is 20.3 Å². The molecule has 0 bridgehead atoms. The van der Waals surface area contributed by atoms with Crippen molar-refractivity contribution in [1.29, 1.82) is 0 Å². The van der Waals surface area contributed by atoms with Crippen LogP contribution in [0.4, 0.5) is 0 Å². The Bertz CT molecular complexity index is 1320. The molecule has 8 atom stereocenters. The summed E-state index contributed by atoms with van der Waals surface area (Å²) in [6.07, 6.45) is 20.6. The summed E-state index contributed by atoms with van der Waals surface area (Å²) < 4.78 is 0. The van der Waals surface area contributed by atoms with Gasteiger partial charge in [-0.25, -0.2) is 0 Å². The molecular weight excluding hydrogens is 660 g/mol. The maximum absolute atomic E-state index is 10.9. The van der Waals surface area contributed by atoms with Gasteiger partial charge in [-0.3, -0.25) is 19.7 Å². The Kier molecular flexibility index (Phi) is 16.0. The summed E-state index contributed by atoms with van der Waals surface area (Å²) in [4.78, 5) is 23.5. The molecule has 5 saturated carbocycles. The first kappa shape index (κ1) is 41.0. The van der Waals surface area contributed by atoms with Gasteiger partial charge < -0.3 is 20.6 Å². The number of carbonyl (C=O) groups excluding carboxylic acids is 1. The quantitative estimate of drug-likeness (QED) is 0.234. The second-order valence-corrected chi connectivity index (χ2v) is 15.8. The van der Waals surface area contributed by atoms with Crippen molar-refractivity contribution in [3.05, 3.63) is 90.3 Å². The first-order chi connectivity index (χ1) is 24.3. The molecule has 1 aliphatic heterocycles. The number of aromatic nitrogens is 3. The van der Waals surface area contributed by atoms with Crippen LogP contribution in [0.2, 0.25) is 0 Å². The molecule has 1 saturated heterocycles. The molecule has 8 nitrogen and oxygen atoms in total. The number of hydrogen-bond acceptors (Lipinski definition) is 8. The second kappa shape index (κ2) is 19.9.